The second kappa shape index (κ2) is 5.86. The van der Waals surface area contributed by atoms with Crippen LogP contribution in [0.5, 0.6) is 0 Å². The molecule has 9 heteroatoms. The highest BCUT2D eigenvalue weighted by molar-refractivity contribution is 7.89. The summed E-state index contributed by atoms with van der Waals surface area (Å²) in [5.74, 6) is 0.00328. The van der Waals surface area contributed by atoms with E-state index in [1.165, 1.54) is 10.9 Å². The lowest BCUT2D eigenvalue weighted by molar-refractivity contribution is 0.544. The summed E-state index contributed by atoms with van der Waals surface area (Å²) in [6, 6.07) is 1.99. The van der Waals surface area contributed by atoms with Gasteiger partial charge in [0.15, 0.2) is 5.82 Å². The molecule has 2 heterocycles. The van der Waals surface area contributed by atoms with Gasteiger partial charge in [-0.3, -0.25) is 9.36 Å². The number of hydrogen-bond donors (Lipinski definition) is 2. The molecule has 0 fully saturated rings. The first-order valence-corrected chi connectivity index (χ1v) is 8.08. The number of nitrogens with zero attached hydrogens (tertiary/aromatic N) is 4. The molecule has 2 rings (SSSR count). The molecule has 0 aliphatic heterocycles. The Morgan fingerprint density at radius 3 is 2.57 bits per heavy atom. The Morgan fingerprint density at radius 1 is 1.33 bits per heavy atom. The molecule has 2 aromatic rings. The summed E-state index contributed by atoms with van der Waals surface area (Å²) in [7, 11) is -1.99. The van der Waals surface area contributed by atoms with Gasteiger partial charge in [0.2, 0.25) is 10.0 Å². The number of aromatic nitrogens is 4. The molecule has 0 aliphatic carbocycles. The van der Waals surface area contributed by atoms with Crippen LogP contribution in [0.15, 0.2) is 17.2 Å². The van der Waals surface area contributed by atoms with Crippen molar-refractivity contribution in [3.05, 3.63) is 23.7 Å². The minimum atomic E-state index is -3.62. The van der Waals surface area contributed by atoms with Gasteiger partial charge in [0.25, 0.3) is 0 Å². The van der Waals surface area contributed by atoms with E-state index in [9.17, 15) is 8.42 Å². The minimum absolute atomic E-state index is 0.00328. The standard InChI is InChI=1S/C12H20N6O2S/c1-9-7-10(2)18(15-9)6-4-5-14-21(19,20)11-8-17(3)16-12(11)13/h7-8,14H,4-6H2,1-3H3,(H2,13,16). The number of anilines is 1. The van der Waals surface area contributed by atoms with Gasteiger partial charge < -0.3 is 5.73 Å². The van der Waals surface area contributed by atoms with Gasteiger partial charge in [-0.1, -0.05) is 0 Å². The molecule has 8 nitrogen and oxygen atoms in total. The predicted molar refractivity (Wildman–Crippen MR) is 79.1 cm³/mol. The first kappa shape index (κ1) is 15.5. The average Bonchev–Trinajstić information content (AvgIpc) is 2.87. The molecule has 0 spiro atoms. The zero-order valence-corrected chi connectivity index (χ0v) is 13.2. The first-order chi connectivity index (χ1) is 9.79. The van der Waals surface area contributed by atoms with E-state index in [-0.39, 0.29) is 10.7 Å². The molecule has 0 amide bonds. The van der Waals surface area contributed by atoms with Gasteiger partial charge in [-0.05, 0) is 26.3 Å². The highest BCUT2D eigenvalue weighted by Gasteiger charge is 2.19. The molecule has 0 aliphatic rings. The third kappa shape index (κ3) is 3.61. The second-order valence-electron chi connectivity index (χ2n) is 4.95. The van der Waals surface area contributed by atoms with Crippen LogP contribution < -0.4 is 10.5 Å². The molecular formula is C12H20N6O2S. The predicted octanol–water partition coefficient (Wildman–Crippen LogP) is 0.184. The summed E-state index contributed by atoms with van der Waals surface area (Å²) in [5, 5.41) is 8.15. The number of nitrogens with two attached hydrogens (primary N) is 1. The normalized spacial score (nSPS) is 12.0. The van der Waals surface area contributed by atoms with E-state index in [1.54, 1.807) is 7.05 Å². The summed E-state index contributed by atoms with van der Waals surface area (Å²) in [6.45, 7) is 4.87. The lowest BCUT2D eigenvalue weighted by Crippen LogP contribution is -2.26. The van der Waals surface area contributed by atoms with Crippen LogP contribution in [-0.2, 0) is 23.6 Å². The van der Waals surface area contributed by atoms with Crippen LogP contribution in [0.3, 0.4) is 0 Å². The van der Waals surface area contributed by atoms with Crippen molar-refractivity contribution in [1.29, 1.82) is 0 Å². The van der Waals surface area contributed by atoms with E-state index in [0.717, 1.165) is 11.4 Å². The first-order valence-electron chi connectivity index (χ1n) is 6.59. The monoisotopic (exact) mass is 312 g/mol. The fraction of sp³-hybridized carbons (Fsp3) is 0.500. The quantitative estimate of drug-likeness (QED) is 0.740. The molecule has 0 unspecified atom stereocenters. The molecular weight excluding hydrogens is 292 g/mol. The second-order valence-corrected chi connectivity index (χ2v) is 6.69. The maximum Gasteiger partial charge on any atom is 0.245 e. The number of rotatable bonds is 6. The minimum Gasteiger partial charge on any atom is -0.381 e. The van der Waals surface area contributed by atoms with Crippen molar-refractivity contribution in [2.75, 3.05) is 12.3 Å². The molecule has 0 saturated carbocycles. The van der Waals surface area contributed by atoms with E-state index >= 15 is 0 Å². The molecule has 116 valence electrons. The maximum atomic E-state index is 12.1. The molecule has 2 aromatic heterocycles. The van der Waals surface area contributed by atoms with Crippen molar-refractivity contribution < 1.29 is 8.42 Å². The molecule has 0 saturated heterocycles. The largest absolute Gasteiger partial charge is 0.381 e. The summed E-state index contributed by atoms with van der Waals surface area (Å²) < 4.78 is 29.9. The number of aryl methyl sites for hydroxylation is 4. The Labute approximate surface area is 124 Å². The number of sulfonamides is 1. The number of nitrogens with one attached hydrogen (secondary N) is 1. The lowest BCUT2D eigenvalue weighted by Gasteiger charge is -2.06. The van der Waals surface area contributed by atoms with Crippen molar-refractivity contribution >= 4 is 15.8 Å². The number of nitrogen functional groups attached to an aromatic ring is 1. The van der Waals surface area contributed by atoms with Gasteiger partial charge in [0.1, 0.15) is 4.90 Å². The van der Waals surface area contributed by atoms with Gasteiger partial charge in [-0.2, -0.15) is 10.2 Å². The van der Waals surface area contributed by atoms with E-state index in [0.29, 0.717) is 19.5 Å². The zero-order chi connectivity index (χ0) is 15.6. The number of hydrogen-bond acceptors (Lipinski definition) is 5. The van der Waals surface area contributed by atoms with Crippen molar-refractivity contribution in [1.82, 2.24) is 24.3 Å². The van der Waals surface area contributed by atoms with Gasteiger partial charge in [-0.15, -0.1) is 0 Å². The lowest BCUT2D eigenvalue weighted by atomic mass is 10.4. The third-order valence-corrected chi connectivity index (χ3v) is 4.53. The molecule has 0 atom stereocenters. The van der Waals surface area contributed by atoms with Crippen molar-refractivity contribution in [3.8, 4) is 0 Å². The SMILES string of the molecule is Cc1cc(C)n(CCCNS(=O)(=O)c2cn(C)nc2N)n1. The topological polar surface area (TPSA) is 108 Å². The molecule has 3 N–H and O–H groups in total. The van der Waals surface area contributed by atoms with E-state index in [1.807, 2.05) is 24.6 Å². The van der Waals surface area contributed by atoms with Crippen molar-refractivity contribution in [3.63, 3.8) is 0 Å². The summed E-state index contributed by atoms with van der Waals surface area (Å²) in [5.41, 5.74) is 7.60. The average molecular weight is 312 g/mol. The molecule has 0 aromatic carbocycles. The maximum absolute atomic E-state index is 12.1. The Morgan fingerprint density at radius 2 is 2.05 bits per heavy atom. The van der Waals surface area contributed by atoms with Crippen LogP contribution in [0.25, 0.3) is 0 Å². The molecule has 0 bridgehead atoms. The fourth-order valence-corrected chi connectivity index (χ4v) is 3.28. The zero-order valence-electron chi connectivity index (χ0n) is 12.4. The van der Waals surface area contributed by atoms with Crippen LogP contribution in [-0.4, -0.2) is 34.5 Å². The molecule has 21 heavy (non-hydrogen) atoms. The van der Waals surface area contributed by atoms with E-state index in [4.69, 9.17) is 5.73 Å². The Bertz CT molecular complexity index is 731. The highest BCUT2D eigenvalue weighted by atomic mass is 32.2. The van der Waals surface area contributed by atoms with Gasteiger partial charge in [0.05, 0.1) is 5.69 Å². The van der Waals surface area contributed by atoms with Crippen LogP contribution in [0.2, 0.25) is 0 Å². The Kier molecular flexibility index (Phi) is 4.33. The van der Waals surface area contributed by atoms with Gasteiger partial charge >= 0.3 is 0 Å². The summed E-state index contributed by atoms with van der Waals surface area (Å²) in [6.07, 6.45) is 2.03. The third-order valence-electron chi connectivity index (χ3n) is 3.05. The highest BCUT2D eigenvalue weighted by Crippen LogP contribution is 2.14. The summed E-state index contributed by atoms with van der Waals surface area (Å²) in [4.78, 5) is 0.0103. The molecule has 0 radical (unpaired) electrons. The van der Waals surface area contributed by atoms with Gasteiger partial charge in [-0.25, -0.2) is 13.1 Å². The Hall–Kier alpha value is -1.87. The summed E-state index contributed by atoms with van der Waals surface area (Å²) >= 11 is 0. The van der Waals surface area contributed by atoms with Crippen LogP contribution in [0.4, 0.5) is 5.82 Å². The van der Waals surface area contributed by atoms with E-state index < -0.39 is 10.0 Å². The van der Waals surface area contributed by atoms with Crippen LogP contribution in [0.1, 0.15) is 17.8 Å². The van der Waals surface area contributed by atoms with Crippen molar-refractivity contribution in [2.24, 2.45) is 7.05 Å². The van der Waals surface area contributed by atoms with Gasteiger partial charge in [0, 0.05) is 32.0 Å². The fourth-order valence-electron chi connectivity index (χ4n) is 2.11. The van der Waals surface area contributed by atoms with Crippen LogP contribution in [0, 0.1) is 13.8 Å². The van der Waals surface area contributed by atoms with Crippen molar-refractivity contribution in [2.45, 2.75) is 31.7 Å². The van der Waals surface area contributed by atoms with Crippen LogP contribution >= 0.6 is 0 Å². The Balaban J connectivity index is 1.91. The van der Waals surface area contributed by atoms with E-state index in [2.05, 4.69) is 14.9 Å². The smallest absolute Gasteiger partial charge is 0.245 e.